The third-order valence-corrected chi connectivity index (χ3v) is 5.03. The molecule has 1 N–H and O–H groups in total. The molecule has 6 nitrogen and oxygen atoms in total. The molecule has 2 atom stereocenters. The number of amides is 2. The van der Waals surface area contributed by atoms with E-state index in [-0.39, 0.29) is 17.4 Å². The molecule has 0 radical (unpaired) electrons. The van der Waals surface area contributed by atoms with Crippen LogP contribution in [0.25, 0.3) is 0 Å². The third kappa shape index (κ3) is 4.50. The van der Waals surface area contributed by atoms with E-state index in [0.29, 0.717) is 30.3 Å². The minimum atomic E-state index is -0.831. The Hall–Kier alpha value is -1.50. The van der Waals surface area contributed by atoms with Crippen molar-refractivity contribution in [3.05, 3.63) is 18.2 Å². The second kappa shape index (κ2) is 6.73. The predicted molar refractivity (Wildman–Crippen MR) is 88.4 cm³/mol. The van der Waals surface area contributed by atoms with Crippen LogP contribution in [0.15, 0.2) is 12.4 Å². The third-order valence-electron chi connectivity index (χ3n) is 3.45. The Kier molecular flexibility index (Phi) is 5.16. The van der Waals surface area contributed by atoms with Gasteiger partial charge in [0.15, 0.2) is 0 Å². The lowest BCUT2D eigenvalue weighted by atomic mass is 9.96. The number of carbonyl (C=O) groups is 1. The Bertz CT molecular complexity index is 554. The summed E-state index contributed by atoms with van der Waals surface area (Å²) in [5.74, 6) is 2.18. The minimum Gasteiger partial charge on any atom is -0.323 e. The van der Waals surface area contributed by atoms with Gasteiger partial charge in [0.2, 0.25) is 0 Å². The minimum absolute atomic E-state index is 0.118. The first-order valence-electron chi connectivity index (χ1n) is 7.49. The van der Waals surface area contributed by atoms with Gasteiger partial charge in [-0.1, -0.05) is 27.7 Å². The molecule has 2 heterocycles. The molecule has 1 aromatic heterocycles. The molecule has 1 saturated heterocycles. The predicted octanol–water partition coefficient (Wildman–Crippen LogP) is 2.01. The first kappa shape index (κ1) is 16.9. The van der Waals surface area contributed by atoms with Crippen LogP contribution >= 0.6 is 0 Å². The van der Waals surface area contributed by atoms with Gasteiger partial charge in [-0.05, 0) is 5.92 Å². The van der Waals surface area contributed by atoms with Gasteiger partial charge in [-0.2, -0.15) is 0 Å². The van der Waals surface area contributed by atoms with Gasteiger partial charge in [-0.25, -0.2) is 14.8 Å². The van der Waals surface area contributed by atoms with Crippen LogP contribution in [0, 0.1) is 5.92 Å². The zero-order valence-corrected chi connectivity index (χ0v) is 14.4. The second-order valence-electron chi connectivity index (χ2n) is 6.84. The van der Waals surface area contributed by atoms with Gasteiger partial charge in [0.25, 0.3) is 0 Å². The number of hydrogen-bond acceptors (Lipinski definition) is 4. The Labute approximate surface area is 134 Å². The van der Waals surface area contributed by atoms with Crippen molar-refractivity contribution >= 4 is 22.5 Å². The summed E-state index contributed by atoms with van der Waals surface area (Å²) in [5.41, 5.74) is 0.461. The molecule has 1 aromatic rings. The van der Waals surface area contributed by atoms with Crippen molar-refractivity contribution in [2.45, 2.75) is 33.1 Å². The molecular weight excluding hydrogens is 300 g/mol. The SMILES string of the molecule is CC1CN(C(=O)Nc2cnc(C(C)(C)C)nc2)CCS(=O)C1. The van der Waals surface area contributed by atoms with Crippen LogP contribution in [0.3, 0.4) is 0 Å². The molecule has 22 heavy (non-hydrogen) atoms. The second-order valence-corrected chi connectivity index (χ2v) is 8.46. The quantitative estimate of drug-likeness (QED) is 0.857. The average Bonchev–Trinajstić information content (AvgIpc) is 2.59. The highest BCUT2D eigenvalue weighted by molar-refractivity contribution is 7.85. The summed E-state index contributed by atoms with van der Waals surface area (Å²) >= 11 is 0. The summed E-state index contributed by atoms with van der Waals surface area (Å²) in [7, 11) is -0.831. The number of hydrogen-bond donors (Lipinski definition) is 1. The average molecular weight is 324 g/mol. The van der Waals surface area contributed by atoms with E-state index >= 15 is 0 Å². The first-order valence-corrected chi connectivity index (χ1v) is 8.98. The van der Waals surface area contributed by atoms with E-state index in [4.69, 9.17) is 0 Å². The Morgan fingerprint density at radius 2 is 2.00 bits per heavy atom. The summed E-state index contributed by atoms with van der Waals surface area (Å²) in [6.45, 7) is 9.28. The zero-order valence-electron chi connectivity index (χ0n) is 13.6. The normalized spacial score (nSPS) is 23.0. The number of nitrogens with zero attached hydrogens (tertiary/aromatic N) is 3. The van der Waals surface area contributed by atoms with Crippen molar-refractivity contribution in [3.8, 4) is 0 Å². The van der Waals surface area contributed by atoms with Crippen molar-refractivity contribution < 1.29 is 9.00 Å². The fraction of sp³-hybridized carbons (Fsp3) is 0.667. The van der Waals surface area contributed by atoms with E-state index in [1.54, 1.807) is 17.3 Å². The van der Waals surface area contributed by atoms with Gasteiger partial charge in [-0.3, -0.25) is 4.21 Å². The summed E-state index contributed by atoms with van der Waals surface area (Å²) in [5, 5.41) is 2.82. The largest absolute Gasteiger partial charge is 0.323 e. The van der Waals surface area contributed by atoms with Crippen LogP contribution < -0.4 is 5.32 Å². The molecule has 0 bridgehead atoms. The van der Waals surface area contributed by atoms with Gasteiger partial charge in [0, 0.05) is 40.8 Å². The molecule has 2 amide bonds. The molecule has 0 aromatic carbocycles. The van der Waals surface area contributed by atoms with Gasteiger partial charge in [0.1, 0.15) is 5.82 Å². The van der Waals surface area contributed by atoms with Crippen LogP contribution in [-0.2, 0) is 16.2 Å². The summed E-state index contributed by atoms with van der Waals surface area (Å²) in [4.78, 5) is 22.6. The highest BCUT2D eigenvalue weighted by atomic mass is 32.2. The number of nitrogens with one attached hydrogen (secondary N) is 1. The topological polar surface area (TPSA) is 75.2 Å². The van der Waals surface area contributed by atoms with E-state index < -0.39 is 10.8 Å². The molecular formula is C15H24N4O2S. The molecule has 0 aliphatic carbocycles. The molecule has 1 aliphatic rings. The van der Waals surface area contributed by atoms with E-state index in [9.17, 15) is 9.00 Å². The molecule has 2 unspecified atom stereocenters. The summed E-state index contributed by atoms with van der Waals surface area (Å²) in [6.07, 6.45) is 3.26. The number of anilines is 1. The fourth-order valence-electron chi connectivity index (χ4n) is 2.30. The van der Waals surface area contributed by atoms with E-state index in [0.717, 1.165) is 5.82 Å². The maximum Gasteiger partial charge on any atom is 0.321 e. The molecule has 2 rings (SSSR count). The molecule has 0 spiro atoms. The Morgan fingerprint density at radius 1 is 1.36 bits per heavy atom. The molecule has 1 aliphatic heterocycles. The highest BCUT2D eigenvalue weighted by Crippen LogP contribution is 2.18. The molecule has 1 fully saturated rings. The summed E-state index contributed by atoms with van der Waals surface area (Å²) in [6, 6.07) is -0.183. The van der Waals surface area contributed by atoms with Crippen LogP contribution in [0.2, 0.25) is 0 Å². The monoisotopic (exact) mass is 324 g/mol. The molecule has 7 heteroatoms. The van der Waals surface area contributed by atoms with Gasteiger partial charge >= 0.3 is 6.03 Å². The van der Waals surface area contributed by atoms with Gasteiger partial charge in [-0.15, -0.1) is 0 Å². The maximum absolute atomic E-state index is 12.3. The van der Waals surface area contributed by atoms with Crippen molar-refractivity contribution in [1.82, 2.24) is 14.9 Å². The molecule has 122 valence electrons. The zero-order chi connectivity index (χ0) is 16.3. The van der Waals surface area contributed by atoms with Gasteiger partial charge in [0.05, 0.1) is 18.1 Å². The van der Waals surface area contributed by atoms with Crippen LogP contribution in [0.1, 0.15) is 33.5 Å². The lowest BCUT2D eigenvalue weighted by Crippen LogP contribution is -2.38. The molecule has 0 saturated carbocycles. The van der Waals surface area contributed by atoms with Gasteiger partial charge < -0.3 is 10.2 Å². The smallest absolute Gasteiger partial charge is 0.321 e. The number of carbonyl (C=O) groups excluding carboxylic acids is 1. The number of urea groups is 1. The van der Waals surface area contributed by atoms with Crippen molar-refractivity contribution in [1.29, 1.82) is 0 Å². The van der Waals surface area contributed by atoms with Crippen LogP contribution in [0.4, 0.5) is 10.5 Å². The van der Waals surface area contributed by atoms with Crippen molar-refractivity contribution in [2.24, 2.45) is 5.92 Å². The van der Waals surface area contributed by atoms with Crippen molar-refractivity contribution in [3.63, 3.8) is 0 Å². The lowest BCUT2D eigenvalue weighted by molar-refractivity contribution is 0.210. The maximum atomic E-state index is 12.3. The van der Waals surface area contributed by atoms with Crippen LogP contribution in [-0.4, -0.2) is 49.7 Å². The Morgan fingerprint density at radius 3 is 2.59 bits per heavy atom. The fourth-order valence-corrected chi connectivity index (χ4v) is 3.63. The van der Waals surface area contributed by atoms with E-state index in [1.165, 1.54) is 0 Å². The van der Waals surface area contributed by atoms with Crippen molar-refractivity contribution in [2.75, 3.05) is 29.9 Å². The highest BCUT2D eigenvalue weighted by Gasteiger charge is 2.23. The first-order chi connectivity index (χ1) is 10.3. The summed E-state index contributed by atoms with van der Waals surface area (Å²) < 4.78 is 11.7. The standard InChI is InChI=1S/C15H24N4O2S/c1-11-9-19(5-6-22(21)10-11)14(20)18-12-7-16-13(17-8-12)15(2,3)4/h7-8,11H,5-6,9-10H2,1-4H3,(H,18,20). The Balaban J connectivity index is 2.00. The number of rotatable bonds is 1. The number of aromatic nitrogens is 2. The van der Waals surface area contributed by atoms with Crippen LogP contribution in [0.5, 0.6) is 0 Å². The van der Waals surface area contributed by atoms with E-state index in [1.807, 2.05) is 27.7 Å². The lowest BCUT2D eigenvalue weighted by Gasteiger charge is -2.22. The van der Waals surface area contributed by atoms with E-state index in [2.05, 4.69) is 15.3 Å².